The Morgan fingerprint density at radius 3 is 1.02 bits per heavy atom. The third-order valence-corrected chi connectivity index (χ3v) is 22.8. The van der Waals surface area contributed by atoms with Crippen LogP contribution in [0.1, 0.15) is 113 Å². The molecule has 0 bridgehead atoms. The van der Waals surface area contributed by atoms with E-state index in [0.29, 0.717) is 7.25 Å². The first kappa shape index (κ1) is 42.4. The van der Waals surface area contributed by atoms with Gasteiger partial charge in [-0.15, -0.1) is 0 Å². The minimum atomic E-state index is -1.18. The zero-order valence-electron chi connectivity index (χ0n) is 32.7. The van der Waals surface area contributed by atoms with Gasteiger partial charge in [-0.3, -0.25) is 0 Å². The van der Waals surface area contributed by atoms with Gasteiger partial charge in [0, 0.05) is 0 Å². The van der Waals surface area contributed by atoms with Crippen molar-refractivity contribution in [2.45, 2.75) is 111 Å². The molecule has 0 spiro atoms. The summed E-state index contributed by atoms with van der Waals surface area (Å²) in [6.45, 7) is 30.1. The fraction of sp³-hybridized carbons (Fsp3) is 0.391. The van der Waals surface area contributed by atoms with Gasteiger partial charge in [-0.1, -0.05) is 0 Å². The fourth-order valence-corrected chi connectivity index (χ4v) is 24.4. The number of allylic oxidation sites excluding steroid dienone is 2. The van der Waals surface area contributed by atoms with Crippen LogP contribution in [0.3, 0.4) is 0 Å². The number of fused-ring (bicyclic) bond motifs is 2. The third-order valence-electron chi connectivity index (χ3n) is 9.78. The van der Waals surface area contributed by atoms with E-state index in [0.717, 1.165) is 0 Å². The van der Waals surface area contributed by atoms with E-state index in [4.69, 9.17) is 0 Å². The van der Waals surface area contributed by atoms with Gasteiger partial charge in [-0.25, -0.2) is 0 Å². The monoisotopic (exact) mass is 830 g/mol. The van der Waals surface area contributed by atoms with Gasteiger partial charge in [0.15, 0.2) is 0 Å². The molecule has 0 aliphatic heterocycles. The Morgan fingerprint density at radius 1 is 0.412 bits per heavy atom. The molecule has 268 valence electrons. The first-order valence-corrected chi connectivity index (χ1v) is 23.6. The zero-order chi connectivity index (χ0) is 35.5. The van der Waals surface area contributed by atoms with E-state index >= 15 is 0 Å². The van der Waals surface area contributed by atoms with Gasteiger partial charge in [0.25, 0.3) is 0 Å². The average molecular weight is 833 g/mol. The summed E-state index contributed by atoms with van der Waals surface area (Å²) in [4.78, 5) is 0. The number of rotatable bonds is 6. The third kappa shape index (κ3) is 8.66. The Labute approximate surface area is 336 Å². The van der Waals surface area contributed by atoms with Gasteiger partial charge >= 0.3 is 314 Å². The van der Waals surface area contributed by atoms with Gasteiger partial charge in [-0.2, -0.15) is 0 Å². The molecule has 2 aliphatic rings. The van der Waals surface area contributed by atoms with E-state index in [2.05, 4.69) is 192 Å². The molecule has 0 aromatic heterocycles. The summed E-state index contributed by atoms with van der Waals surface area (Å²) in [6.07, 6.45) is 5.42. The molecule has 51 heavy (non-hydrogen) atoms. The number of halogens is 2. The van der Waals surface area contributed by atoms with Gasteiger partial charge in [-0.05, 0) is 0 Å². The maximum Gasteiger partial charge on any atom is -1.00 e. The molecular weight excluding hydrogens is 777 g/mol. The van der Waals surface area contributed by atoms with E-state index in [1.165, 1.54) is 33.4 Å². The zero-order valence-corrected chi connectivity index (χ0v) is 38.5. The summed E-state index contributed by atoms with van der Waals surface area (Å²) in [7, 11) is -0.852. The van der Waals surface area contributed by atoms with Crippen molar-refractivity contribution >= 4 is 28.0 Å². The van der Waals surface area contributed by atoms with Crippen LogP contribution in [0, 0.1) is 0 Å². The largest absolute Gasteiger partial charge is 1.00 e. The molecule has 0 N–H and O–H groups in total. The summed E-state index contributed by atoms with van der Waals surface area (Å²) < 4.78 is 1.09. The van der Waals surface area contributed by atoms with Crippen LogP contribution in [-0.2, 0) is 23.2 Å². The summed E-state index contributed by atoms with van der Waals surface area (Å²) >= 11 is -1.18. The second-order valence-corrected chi connectivity index (χ2v) is 29.3. The van der Waals surface area contributed by atoms with Gasteiger partial charge < -0.3 is 24.8 Å². The average Bonchev–Trinajstić information content (AvgIpc) is 3.53. The standard InChI is InChI=1S/2C23H28P.2ClH.Zr/c2*1-22(2,3)24(23(4,5)6)19-15-18-13-10-14-20(21(18)16-19)17-11-8-7-9-12-17;;;/h2*7-16H,1-6H3;2*1H;/q;;;;+2/p-2. The van der Waals surface area contributed by atoms with Crippen molar-refractivity contribution in [2.24, 2.45) is 0 Å². The molecule has 4 aromatic carbocycles. The summed E-state index contributed by atoms with van der Waals surface area (Å²) in [5.74, 6) is 0. The van der Waals surface area contributed by atoms with Gasteiger partial charge in [0.1, 0.15) is 0 Å². The van der Waals surface area contributed by atoms with Crippen molar-refractivity contribution in [3.8, 4) is 22.3 Å². The predicted molar refractivity (Wildman–Crippen MR) is 218 cm³/mol. The molecule has 0 fully saturated rings. The molecular formula is C46H56Cl2P2Zr. The van der Waals surface area contributed by atoms with E-state index in [1.54, 1.807) is 21.8 Å². The normalized spacial score (nSPS) is 17.2. The molecule has 0 radical (unpaired) electrons. The van der Waals surface area contributed by atoms with Gasteiger partial charge in [0.05, 0.1) is 0 Å². The summed E-state index contributed by atoms with van der Waals surface area (Å²) in [5, 5.41) is 4.38. The first-order valence-electron chi connectivity index (χ1n) is 18.0. The smallest absolute Gasteiger partial charge is 1.00 e. The topological polar surface area (TPSA) is 0 Å². The van der Waals surface area contributed by atoms with Crippen molar-refractivity contribution in [1.82, 2.24) is 0 Å². The maximum absolute atomic E-state index is 2.71. The fourth-order valence-electron chi connectivity index (χ4n) is 8.98. The van der Waals surface area contributed by atoms with Crippen LogP contribution in [0.15, 0.2) is 108 Å². The molecule has 0 heterocycles. The van der Waals surface area contributed by atoms with Crippen molar-refractivity contribution in [3.63, 3.8) is 0 Å². The Hall–Kier alpha value is -1.32. The van der Waals surface area contributed by atoms with Crippen LogP contribution in [0.25, 0.3) is 34.4 Å². The molecule has 0 nitrogen and oxygen atoms in total. The molecule has 0 saturated heterocycles. The molecule has 2 atom stereocenters. The van der Waals surface area contributed by atoms with E-state index in [9.17, 15) is 0 Å². The molecule has 2 aliphatic carbocycles. The maximum atomic E-state index is 2.71. The van der Waals surface area contributed by atoms with Crippen molar-refractivity contribution in [3.05, 3.63) is 130 Å². The summed E-state index contributed by atoms with van der Waals surface area (Å²) in [6, 6.07) is 36.7. The SMILES string of the molecule is CC(C)(C)P(C1=Cc2c(-c3ccccc3)cccc2[CH]1[Zr+2][CH]1C(P(C(C)(C)C)C(C)(C)C)=Cc2c(-c3ccccc3)cccc21)C(C)(C)C.[Cl-].[Cl-]. The van der Waals surface area contributed by atoms with Crippen molar-refractivity contribution in [2.75, 3.05) is 0 Å². The van der Waals surface area contributed by atoms with Gasteiger partial charge in [0.2, 0.25) is 0 Å². The Kier molecular flexibility index (Phi) is 13.1. The number of hydrogen-bond acceptors (Lipinski definition) is 0. The van der Waals surface area contributed by atoms with Crippen LogP contribution < -0.4 is 24.8 Å². The van der Waals surface area contributed by atoms with Crippen LogP contribution in [0.5, 0.6) is 0 Å². The first-order chi connectivity index (χ1) is 22.9. The van der Waals surface area contributed by atoms with E-state index in [-0.39, 0.29) is 45.4 Å². The quantitative estimate of drug-likeness (QED) is 0.171. The predicted octanol–water partition coefficient (Wildman–Crippen LogP) is 8.76. The second-order valence-electron chi connectivity index (χ2n) is 17.9. The van der Waals surface area contributed by atoms with Crippen LogP contribution in [-0.4, -0.2) is 20.6 Å². The minimum absolute atomic E-state index is 0. The van der Waals surface area contributed by atoms with Crippen molar-refractivity contribution < 1.29 is 48.0 Å². The van der Waals surface area contributed by atoms with Crippen LogP contribution in [0.4, 0.5) is 0 Å². The molecule has 4 aromatic rings. The minimum Gasteiger partial charge on any atom is -1.00 e. The number of benzene rings is 4. The molecule has 6 rings (SSSR count). The second kappa shape index (κ2) is 15.8. The molecule has 0 amide bonds. The Morgan fingerprint density at radius 2 is 0.725 bits per heavy atom. The molecule has 5 heteroatoms. The van der Waals surface area contributed by atoms with Crippen LogP contribution >= 0.6 is 15.8 Å². The Bertz CT molecular complexity index is 1720. The molecule has 0 saturated carbocycles. The van der Waals surface area contributed by atoms with Crippen LogP contribution in [0.2, 0.25) is 0 Å². The summed E-state index contributed by atoms with van der Waals surface area (Å²) in [5.41, 5.74) is 11.7. The number of hydrogen-bond donors (Lipinski definition) is 0. The van der Waals surface area contributed by atoms with E-state index in [1.807, 2.05) is 0 Å². The Balaban J connectivity index is 0.00000292. The molecule has 2 unspecified atom stereocenters. The van der Waals surface area contributed by atoms with Crippen molar-refractivity contribution in [1.29, 1.82) is 0 Å². The van der Waals surface area contributed by atoms with E-state index < -0.39 is 39.1 Å².